The molecule has 0 saturated carbocycles. The van der Waals surface area contributed by atoms with Crippen molar-refractivity contribution in [1.82, 2.24) is 4.90 Å². The first-order valence-corrected chi connectivity index (χ1v) is 7.64. The van der Waals surface area contributed by atoms with Crippen LogP contribution in [0.1, 0.15) is 25.3 Å². The topological polar surface area (TPSA) is 49.8 Å². The number of hydrogen-bond acceptors (Lipinski definition) is 4. The number of rotatable bonds is 5. The molecule has 4 nitrogen and oxygen atoms in total. The lowest BCUT2D eigenvalue weighted by Crippen LogP contribution is -2.40. The van der Waals surface area contributed by atoms with Crippen LogP contribution >= 0.6 is 15.9 Å². The summed E-state index contributed by atoms with van der Waals surface area (Å²) >= 11 is 3.43. The first kappa shape index (κ1) is 15.5. The molecule has 1 aromatic carbocycles. The summed E-state index contributed by atoms with van der Waals surface area (Å²) in [5.41, 5.74) is 1.20. The van der Waals surface area contributed by atoms with E-state index in [4.69, 9.17) is 4.74 Å². The summed E-state index contributed by atoms with van der Waals surface area (Å²) < 4.78 is 6.19. The summed E-state index contributed by atoms with van der Waals surface area (Å²) in [6.45, 7) is 2.75. The Bertz CT molecular complexity index is 449. The second kappa shape index (κ2) is 7.20. The smallest absolute Gasteiger partial charge is 0.302 e. The Labute approximate surface area is 127 Å². The summed E-state index contributed by atoms with van der Waals surface area (Å²) in [4.78, 5) is 13.2. The standard InChI is InChI=1S/C15H20BrNO3/c1-11(19)20-10-15-7-6-14(9-18)17(15)8-12-2-4-13(16)5-3-12/h2-5,14-15,18H,6-10H2,1H3/t14-,15-/m0/s1. The molecule has 0 amide bonds. The third-order valence-corrected chi connectivity index (χ3v) is 4.27. The van der Waals surface area contributed by atoms with Gasteiger partial charge in [-0.05, 0) is 30.5 Å². The normalized spacial score (nSPS) is 22.9. The summed E-state index contributed by atoms with van der Waals surface area (Å²) in [6.07, 6.45) is 1.90. The molecule has 1 aliphatic heterocycles. The quantitative estimate of drug-likeness (QED) is 0.835. The predicted octanol–water partition coefficient (Wildman–Crippen LogP) is 2.34. The Morgan fingerprint density at radius 3 is 2.60 bits per heavy atom. The summed E-state index contributed by atoms with van der Waals surface area (Å²) in [5, 5.41) is 9.50. The molecule has 1 N–H and O–H groups in total. The highest BCUT2D eigenvalue weighted by Crippen LogP contribution is 2.26. The average Bonchev–Trinajstić information content (AvgIpc) is 2.81. The lowest BCUT2D eigenvalue weighted by Gasteiger charge is -2.29. The number of nitrogens with zero attached hydrogens (tertiary/aromatic N) is 1. The Kier molecular flexibility index (Phi) is 5.57. The number of carbonyl (C=O) groups excluding carboxylic acids is 1. The Balaban J connectivity index is 2.03. The van der Waals surface area contributed by atoms with Gasteiger partial charge in [0.1, 0.15) is 6.61 Å². The molecule has 0 aromatic heterocycles. The molecule has 0 bridgehead atoms. The Hall–Kier alpha value is -0.910. The highest BCUT2D eigenvalue weighted by Gasteiger charge is 2.33. The van der Waals surface area contributed by atoms with Crippen molar-refractivity contribution in [2.75, 3.05) is 13.2 Å². The number of carbonyl (C=O) groups is 1. The molecule has 0 radical (unpaired) electrons. The molecule has 0 unspecified atom stereocenters. The predicted molar refractivity (Wildman–Crippen MR) is 80.2 cm³/mol. The number of esters is 1. The third-order valence-electron chi connectivity index (χ3n) is 3.74. The number of ether oxygens (including phenoxy) is 1. The average molecular weight is 342 g/mol. The molecule has 2 rings (SSSR count). The molecule has 0 spiro atoms. The maximum absolute atomic E-state index is 11.0. The molecule has 1 aliphatic rings. The Morgan fingerprint density at radius 1 is 1.35 bits per heavy atom. The Morgan fingerprint density at radius 2 is 2.00 bits per heavy atom. The fourth-order valence-electron chi connectivity index (χ4n) is 2.66. The van der Waals surface area contributed by atoms with Gasteiger partial charge in [0.2, 0.25) is 0 Å². The van der Waals surface area contributed by atoms with Crippen molar-refractivity contribution < 1.29 is 14.6 Å². The van der Waals surface area contributed by atoms with E-state index in [-0.39, 0.29) is 24.7 Å². The van der Waals surface area contributed by atoms with E-state index in [9.17, 15) is 9.90 Å². The fourth-order valence-corrected chi connectivity index (χ4v) is 2.93. The van der Waals surface area contributed by atoms with E-state index in [0.29, 0.717) is 6.61 Å². The minimum Gasteiger partial charge on any atom is -0.464 e. The van der Waals surface area contributed by atoms with Gasteiger partial charge in [0, 0.05) is 30.0 Å². The number of hydrogen-bond donors (Lipinski definition) is 1. The van der Waals surface area contributed by atoms with Gasteiger partial charge in [-0.15, -0.1) is 0 Å². The van der Waals surface area contributed by atoms with Crippen molar-refractivity contribution in [3.05, 3.63) is 34.3 Å². The van der Waals surface area contributed by atoms with Gasteiger partial charge in [-0.2, -0.15) is 0 Å². The molecule has 0 aliphatic carbocycles. The van der Waals surface area contributed by atoms with E-state index in [1.54, 1.807) is 0 Å². The van der Waals surface area contributed by atoms with E-state index in [2.05, 4.69) is 33.0 Å². The molecule has 1 saturated heterocycles. The first-order valence-electron chi connectivity index (χ1n) is 6.84. The van der Waals surface area contributed by atoms with Crippen molar-refractivity contribution in [3.63, 3.8) is 0 Å². The lowest BCUT2D eigenvalue weighted by molar-refractivity contribution is -0.142. The number of benzene rings is 1. The van der Waals surface area contributed by atoms with E-state index >= 15 is 0 Å². The lowest BCUT2D eigenvalue weighted by atomic mass is 10.2. The molecule has 2 atom stereocenters. The van der Waals surface area contributed by atoms with Gasteiger partial charge in [0.15, 0.2) is 0 Å². The van der Waals surface area contributed by atoms with Gasteiger partial charge in [-0.3, -0.25) is 9.69 Å². The van der Waals surface area contributed by atoms with Gasteiger partial charge >= 0.3 is 5.97 Å². The summed E-state index contributed by atoms with van der Waals surface area (Å²) in [5.74, 6) is -0.249. The second-order valence-corrected chi connectivity index (χ2v) is 6.08. The number of likely N-dealkylation sites (tertiary alicyclic amines) is 1. The van der Waals surface area contributed by atoms with E-state index in [1.807, 2.05) is 12.1 Å². The minimum atomic E-state index is -0.249. The van der Waals surface area contributed by atoms with Gasteiger partial charge in [0.05, 0.1) is 6.61 Å². The fraction of sp³-hybridized carbons (Fsp3) is 0.533. The van der Waals surface area contributed by atoms with Gasteiger partial charge in [0.25, 0.3) is 0 Å². The van der Waals surface area contributed by atoms with Crippen LogP contribution in [-0.2, 0) is 16.1 Å². The van der Waals surface area contributed by atoms with Crippen molar-refractivity contribution in [2.45, 2.75) is 38.4 Å². The molecule has 1 fully saturated rings. The molecular weight excluding hydrogens is 322 g/mol. The van der Waals surface area contributed by atoms with Crippen molar-refractivity contribution in [1.29, 1.82) is 0 Å². The van der Waals surface area contributed by atoms with Crippen LogP contribution in [0.4, 0.5) is 0 Å². The summed E-state index contributed by atoms with van der Waals surface area (Å²) in [6, 6.07) is 8.51. The number of aliphatic hydroxyl groups excluding tert-OH is 1. The van der Waals surface area contributed by atoms with Gasteiger partial charge in [-0.25, -0.2) is 0 Å². The van der Waals surface area contributed by atoms with Crippen molar-refractivity contribution >= 4 is 21.9 Å². The molecule has 20 heavy (non-hydrogen) atoms. The second-order valence-electron chi connectivity index (χ2n) is 5.17. The van der Waals surface area contributed by atoms with Crippen LogP contribution in [0.2, 0.25) is 0 Å². The molecule has 1 heterocycles. The van der Waals surface area contributed by atoms with E-state index < -0.39 is 0 Å². The first-order chi connectivity index (χ1) is 9.60. The van der Waals surface area contributed by atoms with Crippen LogP contribution in [0.25, 0.3) is 0 Å². The number of halogens is 1. The zero-order valence-corrected chi connectivity index (χ0v) is 13.2. The van der Waals surface area contributed by atoms with Crippen LogP contribution in [0.15, 0.2) is 28.7 Å². The SMILES string of the molecule is CC(=O)OC[C@@H]1CC[C@@H](CO)N1Cc1ccc(Br)cc1. The van der Waals surface area contributed by atoms with E-state index in [0.717, 1.165) is 23.9 Å². The maximum atomic E-state index is 11.0. The van der Waals surface area contributed by atoms with Crippen LogP contribution < -0.4 is 0 Å². The summed E-state index contributed by atoms with van der Waals surface area (Å²) in [7, 11) is 0. The van der Waals surface area contributed by atoms with E-state index in [1.165, 1.54) is 12.5 Å². The third kappa shape index (κ3) is 4.04. The van der Waals surface area contributed by atoms with Crippen LogP contribution in [0.5, 0.6) is 0 Å². The number of aliphatic hydroxyl groups is 1. The van der Waals surface area contributed by atoms with Gasteiger partial charge in [-0.1, -0.05) is 28.1 Å². The molecule has 5 heteroatoms. The zero-order chi connectivity index (χ0) is 14.5. The monoisotopic (exact) mass is 341 g/mol. The highest BCUT2D eigenvalue weighted by molar-refractivity contribution is 9.10. The van der Waals surface area contributed by atoms with Crippen molar-refractivity contribution in [3.8, 4) is 0 Å². The minimum absolute atomic E-state index is 0.146. The molecule has 1 aromatic rings. The highest BCUT2D eigenvalue weighted by atomic mass is 79.9. The molecular formula is C15H20BrNO3. The van der Waals surface area contributed by atoms with Crippen LogP contribution in [-0.4, -0.2) is 41.3 Å². The van der Waals surface area contributed by atoms with Gasteiger partial charge < -0.3 is 9.84 Å². The largest absolute Gasteiger partial charge is 0.464 e. The van der Waals surface area contributed by atoms with Crippen LogP contribution in [0, 0.1) is 0 Å². The van der Waals surface area contributed by atoms with Crippen molar-refractivity contribution in [2.24, 2.45) is 0 Å². The van der Waals surface area contributed by atoms with Crippen LogP contribution in [0.3, 0.4) is 0 Å². The molecule has 110 valence electrons. The maximum Gasteiger partial charge on any atom is 0.302 e. The zero-order valence-electron chi connectivity index (χ0n) is 11.6.